The van der Waals surface area contributed by atoms with Gasteiger partial charge in [0.25, 0.3) is 0 Å². The fourth-order valence-corrected chi connectivity index (χ4v) is 2.09. The van der Waals surface area contributed by atoms with Crippen molar-refractivity contribution in [3.63, 3.8) is 0 Å². The third kappa shape index (κ3) is 5.55. The highest BCUT2D eigenvalue weighted by Gasteiger charge is 2.20. The van der Waals surface area contributed by atoms with Gasteiger partial charge in [-0.2, -0.15) is 0 Å². The summed E-state index contributed by atoms with van der Waals surface area (Å²) in [5, 5.41) is 0. The summed E-state index contributed by atoms with van der Waals surface area (Å²) < 4.78 is 0. The van der Waals surface area contributed by atoms with E-state index in [4.69, 9.17) is 0 Å². The lowest BCUT2D eigenvalue weighted by molar-refractivity contribution is -0.130. The molecule has 1 aliphatic rings. The van der Waals surface area contributed by atoms with Crippen LogP contribution in [0.15, 0.2) is 35.4 Å². The molecule has 1 amide bonds. The number of thiol groups is 1. The van der Waals surface area contributed by atoms with Crippen molar-refractivity contribution in [1.29, 1.82) is 0 Å². The molecule has 19 heavy (non-hydrogen) atoms. The number of carbonyl (C=O) groups excluding carboxylic acids is 1. The third-order valence-corrected chi connectivity index (χ3v) is 3.36. The zero-order valence-corrected chi connectivity index (χ0v) is 13.4. The third-order valence-electron chi connectivity index (χ3n) is 2.88. The predicted octanol–water partition coefficient (Wildman–Crippen LogP) is 3.08. The minimum atomic E-state index is 0.149. The Morgan fingerprint density at radius 1 is 1.16 bits per heavy atom. The summed E-state index contributed by atoms with van der Waals surface area (Å²) in [5.41, 5.74) is 1.08. The van der Waals surface area contributed by atoms with Gasteiger partial charge in [0.05, 0.1) is 0 Å². The Hall–Kier alpha value is -1.16. The van der Waals surface area contributed by atoms with Gasteiger partial charge in [-0.15, -0.1) is 12.6 Å². The van der Waals surface area contributed by atoms with Gasteiger partial charge in [-0.3, -0.25) is 4.79 Å². The van der Waals surface area contributed by atoms with Gasteiger partial charge in [-0.1, -0.05) is 32.6 Å². The molecule has 0 radical (unpaired) electrons. The van der Waals surface area contributed by atoms with Gasteiger partial charge in [-0.05, 0) is 13.0 Å². The highest BCUT2D eigenvalue weighted by Crippen LogP contribution is 2.20. The van der Waals surface area contributed by atoms with E-state index in [0.29, 0.717) is 0 Å². The lowest BCUT2D eigenvalue weighted by Gasteiger charge is -2.37. The summed E-state index contributed by atoms with van der Waals surface area (Å²) in [6.07, 6.45) is 5.70. The van der Waals surface area contributed by atoms with E-state index in [1.807, 2.05) is 37.8 Å². The molecule has 0 spiro atoms. The Bertz CT molecular complexity index is 353. The Labute approximate surface area is 123 Å². The van der Waals surface area contributed by atoms with Gasteiger partial charge in [0, 0.05) is 43.7 Å². The maximum atomic E-state index is 11.2. The number of rotatable bonds is 3. The normalized spacial score (nSPS) is 16.7. The molecular formula is C15H26N2OS. The molecule has 0 aromatic carbocycles. The van der Waals surface area contributed by atoms with E-state index in [0.717, 1.165) is 36.8 Å². The molecule has 1 rings (SSSR count). The highest BCUT2D eigenvalue weighted by atomic mass is 32.1. The molecular weight excluding hydrogens is 256 g/mol. The molecule has 1 heterocycles. The van der Waals surface area contributed by atoms with Crippen LogP contribution in [0.3, 0.4) is 0 Å². The molecule has 0 atom stereocenters. The predicted molar refractivity (Wildman–Crippen MR) is 86.2 cm³/mol. The van der Waals surface area contributed by atoms with Crippen molar-refractivity contribution in [3.8, 4) is 0 Å². The summed E-state index contributed by atoms with van der Waals surface area (Å²) in [6.45, 7) is 14.5. The average Bonchev–Trinajstić information content (AvgIpc) is 2.46. The van der Waals surface area contributed by atoms with Crippen LogP contribution in [-0.4, -0.2) is 41.9 Å². The number of amides is 1. The summed E-state index contributed by atoms with van der Waals surface area (Å²) in [5.74, 6) is 0.149. The van der Waals surface area contributed by atoms with Gasteiger partial charge in [0.1, 0.15) is 0 Å². The molecule has 0 aromatic heterocycles. The molecule has 4 heteroatoms. The van der Waals surface area contributed by atoms with Crippen molar-refractivity contribution < 1.29 is 4.79 Å². The summed E-state index contributed by atoms with van der Waals surface area (Å²) in [7, 11) is 0. The Balaban J connectivity index is 0.00000154. The van der Waals surface area contributed by atoms with E-state index in [1.165, 1.54) is 0 Å². The molecule has 0 aliphatic carbocycles. The van der Waals surface area contributed by atoms with Crippen molar-refractivity contribution in [2.75, 3.05) is 26.2 Å². The van der Waals surface area contributed by atoms with Crippen molar-refractivity contribution >= 4 is 18.5 Å². The van der Waals surface area contributed by atoms with Crippen molar-refractivity contribution in [1.82, 2.24) is 9.80 Å². The second-order valence-corrected chi connectivity index (χ2v) is 4.44. The quantitative estimate of drug-likeness (QED) is 0.635. The first kappa shape index (κ1) is 17.8. The van der Waals surface area contributed by atoms with Crippen LogP contribution in [0.2, 0.25) is 0 Å². The monoisotopic (exact) mass is 282 g/mol. The van der Waals surface area contributed by atoms with E-state index in [2.05, 4.69) is 24.1 Å². The number of carbonyl (C=O) groups is 1. The molecule has 0 bridgehead atoms. The standard InChI is InChI=1S/C13H20N2OS.C2H6/c1-4-6-12(13(17)5-2)15-9-7-14(8-10-15)11(3)16;1-2/h4-6,17H,1,7-10H2,2-3H3;1-2H3/b12-6+,13-5+;. The number of piperazine rings is 1. The second kappa shape index (κ2) is 9.73. The van der Waals surface area contributed by atoms with Crippen molar-refractivity contribution in [2.45, 2.75) is 27.7 Å². The van der Waals surface area contributed by atoms with E-state index < -0.39 is 0 Å². The first-order valence-electron chi connectivity index (χ1n) is 6.79. The molecule has 1 aliphatic heterocycles. The van der Waals surface area contributed by atoms with Crippen LogP contribution in [0.5, 0.6) is 0 Å². The molecule has 0 aromatic rings. The second-order valence-electron chi connectivity index (χ2n) is 3.95. The van der Waals surface area contributed by atoms with Crippen LogP contribution in [0.1, 0.15) is 27.7 Å². The molecule has 3 nitrogen and oxygen atoms in total. The molecule has 0 unspecified atom stereocenters. The lowest BCUT2D eigenvalue weighted by atomic mass is 10.2. The fourth-order valence-electron chi connectivity index (χ4n) is 1.87. The SMILES string of the molecule is C=C/C=C(\C(S)=C/C)N1CCN(C(C)=O)CC1.CC. The summed E-state index contributed by atoms with van der Waals surface area (Å²) in [4.78, 5) is 16.3. The van der Waals surface area contributed by atoms with Crippen molar-refractivity contribution in [2.24, 2.45) is 0 Å². The van der Waals surface area contributed by atoms with Crippen LogP contribution in [0, 0.1) is 0 Å². The van der Waals surface area contributed by atoms with Crippen LogP contribution in [0.25, 0.3) is 0 Å². The average molecular weight is 282 g/mol. The Morgan fingerprint density at radius 2 is 1.63 bits per heavy atom. The number of hydrogen-bond acceptors (Lipinski definition) is 3. The molecule has 1 fully saturated rings. The van der Waals surface area contributed by atoms with E-state index in [1.54, 1.807) is 13.0 Å². The lowest BCUT2D eigenvalue weighted by Crippen LogP contribution is -2.47. The van der Waals surface area contributed by atoms with Crippen molar-refractivity contribution in [3.05, 3.63) is 35.4 Å². The maximum Gasteiger partial charge on any atom is 0.219 e. The minimum Gasteiger partial charge on any atom is -0.367 e. The van der Waals surface area contributed by atoms with Crippen LogP contribution >= 0.6 is 12.6 Å². The largest absolute Gasteiger partial charge is 0.367 e. The number of hydrogen-bond donors (Lipinski definition) is 1. The molecule has 1 saturated heterocycles. The molecule has 0 N–H and O–H groups in total. The summed E-state index contributed by atoms with van der Waals surface area (Å²) in [6, 6.07) is 0. The smallest absolute Gasteiger partial charge is 0.219 e. The van der Waals surface area contributed by atoms with E-state index in [-0.39, 0.29) is 5.91 Å². The zero-order valence-electron chi connectivity index (χ0n) is 12.5. The van der Waals surface area contributed by atoms with Gasteiger partial charge in [0.15, 0.2) is 0 Å². The van der Waals surface area contributed by atoms with E-state index in [9.17, 15) is 4.79 Å². The number of nitrogens with zero attached hydrogens (tertiary/aromatic N) is 2. The molecule has 108 valence electrons. The van der Waals surface area contributed by atoms with Crippen LogP contribution < -0.4 is 0 Å². The summed E-state index contributed by atoms with van der Waals surface area (Å²) >= 11 is 4.46. The number of allylic oxidation sites excluding steroid dienone is 3. The van der Waals surface area contributed by atoms with E-state index >= 15 is 0 Å². The van der Waals surface area contributed by atoms with Gasteiger partial charge in [0.2, 0.25) is 5.91 Å². The Morgan fingerprint density at radius 3 is 2.00 bits per heavy atom. The van der Waals surface area contributed by atoms with Crippen LogP contribution in [0.4, 0.5) is 0 Å². The minimum absolute atomic E-state index is 0.149. The van der Waals surface area contributed by atoms with Gasteiger partial charge < -0.3 is 9.80 Å². The molecule has 0 saturated carbocycles. The Kier molecular flexibility index (Phi) is 9.13. The highest BCUT2D eigenvalue weighted by molar-refractivity contribution is 7.84. The fraction of sp³-hybridized carbons (Fsp3) is 0.533. The zero-order chi connectivity index (χ0) is 14.8. The van der Waals surface area contributed by atoms with Crippen LogP contribution in [-0.2, 0) is 4.79 Å². The first-order chi connectivity index (χ1) is 9.10. The topological polar surface area (TPSA) is 23.6 Å². The first-order valence-corrected chi connectivity index (χ1v) is 7.23. The maximum absolute atomic E-state index is 11.2. The van der Waals surface area contributed by atoms with Gasteiger partial charge >= 0.3 is 0 Å². The van der Waals surface area contributed by atoms with Gasteiger partial charge in [-0.25, -0.2) is 0 Å².